The highest BCUT2D eigenvalue weighted by Crippen LogP contribution is 2.40. The minimum Gasteiger partial charge on any atom is -0.381 e. The van der Waals surface area contributed by atoms with Crippen LogP contribution in [0.2, 0.25) is 5.15 Å². The molecule has 2 aromatic carbocycles. The Balaban J connectivity index is 1.55. The molecule has 8 nitrogen and oxygen atoms in total. The van der Waals surface area contributed by atoms with Gasteiger partial charge in [-0.25, -0.2) is 4.98 Å². The van der Waals surface area contributed by atoms with Crippen molar-refractivity contribution in [2.45, 2.75) is 56.7 Å². The van der Waals surface area contributed by atoms with Crippen LogP contribution in [0, 0.1) is 6.92 Å². The number of nitrogens with zero attached hydrogens (tertiary/aromatic N) is 2. The maximum Gasteiger partial charge on any atom is 0.254 e. The Morgan fingerprint density at radius 2 is 1.80 bits per heavy atom. The molecule has 4 rings (SSSR count). The van der Waals surface area contributed by atoms with Gasteiger partial charge in [-0.05, 0) is 56.0 Å². The Kier molecular flexibility index (Phi) is 9.50. The Labute approximate surface area is 243 Å². The number of nitrogens with one attached hydrogen (secondary N) is 2. The quantitative estimate of drug-likeness (QED) is 0.333. The van der Waals surface area contributed by atoms with Gasteiger partial charge in [-0.2, -0.15) is 0 Å². The third-order valence-electron chi connectivity index (χ3n) is 7.04. The molecule has 210 valence electrons. The number of hydrogen-bond acceptors (Lipinski definition) is 6. The molecule has 0 aliphatic carbocycles. The fourth-order valence-electron chi connectivity index (χ4n) is 4.75. The molecule has 3 unspecified atom stereocenters. The average molecular weight is 581 g/mol. The molecule has 0 bridgehead atoms. The van der Waals surface area contributed by atoms with Crippen LogP contribution in [0.4, 0.5) is 0 Å². The first-order chi connectivity index (χ1) is 19.1. The number of benzene rings is 2. The van der Waals surface area contributed by atoms with Crippen LogP contribution in [-0.4, -0.2) is 61.5 Å². The molecular weight excluding hydrogens is 548 g/mol. The van der Waals surface area contributed by atoms with Crippen molar-refractivity contribution in [3.63, 3.8) is 0 Å². The van der Waals surface area contributed by atoms with Gasteiger partial charge in [0.25, 0.3) is 11.8 Å². The third-order valence-corrected chi connectivity index (χ3v) is 8.72. The zero-order chi connectivity index (χ0) is 28.9. The molecule has 3 aromatic rings. The average Bonchev–Trinajstić information content (AvgIpc) is 3.26. The maximum absolute atomic E-state index is 13.8. The first kappa shape index (κ1) is 29.6. The zero-order valence-corrected chi connectivity index (χ0v) is 24.2. The number of aliphatic hydroxyl groups is 1. The third kappa shape index (κ3) is 6.83. The highest BCUT2D eigenvalue weighted by molar-refractivity contribution is 8.00. The fraction of sp³-hybridized carbons (Fsp3) is 0.333. The van der Waals surface area contributed by atoms with Gasteiger partial charge >= 0.3 is 0 Å². The molecule has 3 atom stereocenters. The SMILES string of the molecule is Cc1ccccc1CNC(=O)C1N(C(=O)C(O)C(Cc2ccccc2)NC(=O)c2cccnc2Cl)CSC1(C)C. The number of thioether (sulfide) groups is 1. The Hall–Kier alpha value is -3.40. The molecule has 40 heavy (non-hydrogen) atoms. The molecule has 3 amide bonds. The normalized spacial score (nSPS) is 17.6. The summed E-state index contributed by atoms with van der Waals surface area (Å²) in [6.45, 7) is 6.11. The molecule has 3 N–H and O–H groups in total. The summed E-state index contributed by atoms with van der Waals surface area (Å²) in [6.07, 6.45) is 0.0443. The Morgan fingerprint density at radius 1 is 1.10 bits per heavy atom. The number of aryl methyl sites for hydroxylation is 1. The second-order valence-electron chi connectivity index (χ2n) is 10.3. The van der Waals surface area contributed by atoms with Gasteiger partial charge in [-0.1, -0.05) is 66.2 Å². The van der Waals surface area contributed by atoms with Gasteiger partial charge in [-0.3, -0.25) is 14.4 Å². The lowest BCUT2D eigenvalue weighted by atomic mass is 9.97. The van der Waals surface area contributed by atoms with Crippen molar-refractivity contribution in [3.8, 4) is 0 Å². The van der Waals surface area contributed by atoms with Crippen molar-refractivity contribution in [1.82, 2.24) is 20.5 Å². The van der Waals surface area contributed by atoms with E-state index < -0.39 is 34.7 Å². The highest BCUT2D eigenvalue weighted by atomic mass is 35.5. The molecule has 1 aliphatic rings. The highest BCUT2D eigenvalue weighted by Gasteiger charge is 2.49. The van der Waals surface area contributed by atoms with E-state index >= 15 is 0 Å². The van der Waals surface area contributed by atoms with E-state index in [1.807, 2.05) is 75.4 Å². The Bertz CT molecular complexity index is 1370. The van der Waals surface area contributed by atoms with Crippen molar-refractivity contribution < 1.29 is 19.5 Å². The molecule has 1 aliphatic heterocycles. The van der Waals surface area contributed by atoms with Gasteiger partial charge in [0, 0.05) is 17.5 Å². The summed E-state index contributed by atoms with van der Waals surface area (Å²) in [5.41, 5.74) is 2.99. The van der Waals surface area contributed by atoms with Crippen LogP contribution < -0.4 is 10.6 Å². The number of rotatable bonds is 9. The lowest BCUT2D eigenvalue weighted by molar-refractivity contribution is -0.147. The van der Waals surface area contributed by atoms with E-state index in [4.69, 9.17) is 11.6 Å². The van der Waals surface area contributed by atoms with Gasteiger partial charge in [0.05, 0.1) is 17.5 Å². The molecule has 1 fully saturated rings. The van der Waals surface area contributed by atoms with Gasteiger partial charge in [0.1, 0.15) is 11.2 Å². The largest absolute Gasteiger partial charge is 0.381 e. The van der Waals surface area contributed by atoms with Crippen LogP contribution in [0.5, 0.6) is 0 Å². The summed E-state index contributed by atoms with van der Waals surface area (Å²) < 4.78 is -0.591. The minimum absolute atomic E-state index is 0.0161. The molecule has 2 heterocycles. The lowest BCUT2D eigenvalue weighted by Gasteiger charge is -2.33. The number of aromatic nitrogens is 1. The number of carbonyl (C=O) groups excluding carboxylic acids is 3. The van der Waals surface area contributed by atoms with Crippen LogP contribution in [0.1, 0.15) is 40.9 Å². The van der Waals surface area contributed by atoms with Gasteiger partial charge < -0.3 is 20.6 Å². The number of pyridine rings is 1. The summed E-state index contributed by atoms with van der Waals surface area (Å²) >= 11 is 7.58. The monoisotopic (exact) mass is 580 g/mol. The predicted octanol–water partition coefficient (Wildman–Crippen LogP) is 3.74. The number of carbonyl (C=O) groups is 3. The van der Waals surface area contributed by atoms with E-state index in [-0.39, 0.29) is 28.9 Å². The summed E-state index contributed by atoms with van der Waals surface area (Å²) in [6, 6.07) is 18.3. The second kappa shape index (κ2) is 12.8. The molecule has 0 radical (unpaired) electrons. The van der Waals surface area contributed by atoms with Crippen molar-refractivity contribution in [2.75, 3.05) is 5.88 Å². The number of hydrogen-bond donors (Lipinski definition) is 3. The van der Waals surface area contributed by atoms with Crippen molar-refractivity contribution in [1.29, 1.82) is 0 Å². The van der Waals surface area contributed by atoms with E-state index in [9.17, 15) is 19.5 Å². The van der Waals surface area contributed by atoms with E-state index in [2.05, 4.69) is 15.6 Å². The topological polar surface area (TPSA) is 112 Å². The van der Waals surface area contributed by atoms with Crippen LogP contribution in [0.25, 0.3) is 0 Å². The van der Waals surface area contributed by atoms with Crippen molar-refractivity contribution >= 4 is 41.1 Å². The Morgan fingerprint density at radius 3 is 2.50 bits per heavy atom. The van der Waals surface area contributed by atoms with E-state index in [0.29, 0.717) is 6.54 Å². The van der Waals surface area contributed by atoms with Crippen molar-refractivity contribution in [3.05, 3.63) is 100 Å². The van der Waals surface area contributed by atoms with Gasteiger partial charge in [-0.15, -0.1) is 11.8 Å². The standard InChI is InChI=1S/C30H33ClN4O4S/c1-19-10-7-8-13-21(19)17-33-28(38)25-30(2,3)40-18-35(25)29(39)24(36)23(16-20-11-5-4-6-12-20)34-27(37)22-14-9-15-32-26(22)31/h4-15,23-25,36H,16-18H2,1-3H3,(H,33,38)(H,34,37). The summed E-state index contributed by atoms with van der Waals surface area (Å²) in [5.74, 6) is -1.27. The second-order valence-corrected chi connectivity index (χ2v) is 12.2. The van der Waals surface area contributed by atoms with E-state index in [0.717, 1.165) is 16.7 Å². The number of amides is 3. The van der Waals surface area contributed by atoms with Crippen LogP contribution in [-0.2, 0) is 22.6 Å². The smallest absolute Gasteiger partial charge is 0.254 e. The minimum atomic E-state index is -1.61. The van der Waals surface area contributed by atoms with E-state index in [1.54, 1.807) is 6.07 Å². The number of halogens is 1. The zero-order valence-electron chi connectivity index (χ0n) is 22.6. The summed E-state index contributed by atoms with van der Waals surface area (Å²) in [4.78, 5) is 45.7. The summed E-state index contributed by atoms with van der Waals surface area (Å²) in [5, 5.41) is 17.1. The van der Waals surface area contributed by atoms with Gasteiger partial charge in [0.15, 0.2) is 6.10 Å². The predicted molar refractivity (Wildman–Crippen MR) is 157 cm³/mol. The molecule has 0 saturated carbocycles. The number of aliphatic hydroxyl groups excluding tert-OH is 1. The lowest BCUT2D eigenvalue weighted by Crippen LogP contribution is -2.58. The van der Waals surface area contributed by atoms with Crippen LogP contribution in [0.3, 0.4) is 0 Å². The first-order valence-electron chi connectivity index (χ1n) is 13.0. The first-order valence-corrected chi connectivity index (χ1v) is 14.3. The van der Waals surface area contributed by atoms with Gasteiger partial charge in [0.2, 0.25) is 5.91 Å². The fourth-order valence-corrected chi connectivity index (χ4v) is 6.10. The molecule has 1 saturated heterocycles. The molecule has 10 heteroatoms. The van der Waals surface area contributed by atoms with E-state index in [1.165, 1.54) is 28.9 Å². The molecule has 1 aromatic heterocycles. The molecular formula is C30H33ClN4O4S. The van der Waals surface area contributed by atoms with Crippen LogP contribution >= 0.6 is 23.4 Å². The van der Waals surface area contributed by atoms with Crippen LogP contribution in [0.15, 0.2) is 72.9 Å². The van der Waals surface area contributed by atoms with Crippen molar-refractivity contribution in [2.24, 2.45) is 0 Å². The molecule has 0 spiro atoms. The maximum atomic E-state index is 13.8. The summed E-state index contributed by atoms with van der Waals surface area (Å²) in [7, 11) is 0.